The molecule has 0 aliphatic rings. The van der Waals surface area contributed by atoms with Crippen LogP contribution in [0.1, 0.15) is 20.3 Å². The summed E-state index contributed by atoms with van der Waals surface area (Å²) < 4.78 is 1.78. The van der Waals surface area contributed by atoms with Gasteiger partial charge < -0.3 is 11.1 Å². The third kappa shape index (κ3) is 3.71. The lowest BCUT2D eigenvalue weighted by molar-refractivity contribution is -0.123. The van der Waals surface area contributed by atoms with Crippen LogP contribution in [0.25, 0.3) is 0 Å². The molecule has 0 bridgehead atoms. The maximum absolute atomic E-state index is 11.4. The fourth-order valence-corrected chi connectivity index (χ4v) is 1.27. The van der Waals surface area contributed by atoms with Crippen molar-refractivity contribution in [3.05, 3.63) is 18.5 Å². The minimum absolute atomic E-state index is 0.0370. The Hall–Kier alpha value is -1.36. The smallest absolute Gasteiger partial charge is 0.237 e. The van der Waals surface area contributed by atoms with Gasteiger partial charge in [-0.15, -0.1) is 0 Å². The van der Waals surface area contributed by atoms with Gasteiger partial charge in [0.25, 0.3) is 0 Å². The van der Waals surface area contributed by atoms with Crippen molar-refractivity contribution in [2.24, 2.45) is 5.73 Å². The Labute approximate surface area is 89.6 Å². The molecular weight excluding hydrogens is 192 g/mol. The molecule has 0 fully saturated rings. The first-order valence-corrected chi connectivity index (χ1v) is 5.17. The van der Waals surface area contributed by atoms with E-state index in [1.807, 2.05) is 26.1 Å². The molecule has 1 aromatic heterocycles. The molecule has 1 rings (SSSR count). The molecule has 2 atom stereocenters. The van der Waals surface area contributed by atoms with E-state index in [1.54, 1.807) is 10.9 Å². The second kappa shape index (κ2) is 5.50. The van der Waals surface area contributed by atoms with Gasteiger partial charge in [0.05, 0.1) is 12.6 Å². The summed E-state index contributed by atoms with van der Waals surface area (Å²) in [6, 6.07) is 1.48. The van der Waals surface area contributed by atoms with E-state index in [9.17, 15) is 4.79 Å². The van der Waals surface area contributed by atoms with E-state index in [1.165, 1.54) is 0 Å². The first-order chi connectivity index (χ1) is 7.13. The first-order valence-electron chi connectivity index (χ1n) is 5.17. The van der Waals surface area contributed by atoms with E-state index >= 15 is 0 Å². The Bertz CT molecular complexity index is 296. The standard InChI is InChI=1S/C10H18N4O/c1-3-9(11)10(15)13-8(2)7-14-6-4-5-12-14/h4-6,8-9H,3,7,11H2,1-2H3,(H,13,15)/t8?,9-/m0/s1. The molecule has 5 heteroatoms. The van der Waals surface area contributed by atoms with Gasteiger partial charge in [-0.2, -0.15) is 5.10 Å². The quantitative estimate of drug-likeness (QED) is 0.725. The summed E-state index contributed by atoms with van der Waals surface area (Å²) in [6.07, 6.45) is 4.23. The monoisotopic (exact) mass is 210 g/mol. The van der Waals surface area contributed by atoms with Gasteiger partial charge in [0.15, 0.2) is 0 Å². The fourth-order valence-electron chi connectivity index (χ4n) is 1.27. The Morgan fingerprint density at radius 3 is 2.93 bits per heavy atom. The summed E-state index contributed by atoms with van der Waals surface area (Å²) in [7, 11) is 0. The van der Waals surface area contributed by atoms with Crippen LogP contribution in [0.4, 0.5) is 0 Å². The molecule has 0 aromatic carbocycles. The molecule has 1 aromatic rings. The normalized spacial score (nSPS) is 14.6. The molecule has 15 heavy (non-hydrogen) atoms. The number of amides is 1. The van der Waals surface area contributed by atoms with Gasteiger partial charge in [-0.25, -0.2) is 0 Å². The van der Waals surface area contributed by atoms with Crippen molar-refractivity contribution in [1.82, 2.24) is 15.1 Å². The van der Waals surface area contributed by atoms with Crippen LogP contribution >= 0.6 is 0 Å². The number of nitrogens with two attached hydrogens (primary N) is 1. The minimum Gasteiger partial charge on any atom is -0.350 e. The third-order valence-corrected chi connectivity index (χ3v) is 2.19. The van der Waals surface area contributed by atoms with Gasteiger partial charge >= 0.3 is 0 Å². The molecule has 0 aliphatic heterocycles. The van der Waals surface area contributed by atoms with Gasteiger partial charge in [-0.05, 0) is 19.4 Å². The van der Waals surface area contributed by atoms with Crippen molar-refractivity contribution in [2.75, 3.05) is 0 Å². The number of rotatable bonds is 5. The SMILES string of the molecule is CC[C@H](N)C(=O)NC(C)Cn1cccn1. The van der Waals surface area contributed by atoms with E-state index in [0.29, 0.717) is 13.0 Å². The van der Waals surface area contributed by atoms with Crippen molar-refractivity contribution in [3.8, 4) is 0 Å². The number of carbonyl (C=O) groups is 1. The highest BCUT2D eigenvalue weighted by atomic mass is 16.2. The topological polar surface area (TPSA) is 72.9 Å². The van der Waals surface area contributed by atoms with Crippen molar-refractivity contribution < 1.29 is 4.79 Å². The Morgan fingerprint density at radius 2 is 2.40 bits per heavy atom. The zero-order valence-electron chi connectivity index (χ0n) is 9.18. The van der Waals surface area contributed by atoms with Crippen molar-refractivity contribution in [3.63, 3.8) is 0 Å². The first kappa shape index (κ1) is 11.7. The third-order valence-electron chi connectivity index (χ3n) is 2.19. The van der Waals surface area contributed by atoms with Crippen LogP contribution in [0.5, 0.6) is 0 Å². The van der Waals surface area contributed by atoms with Crippen LogP contribution in [0.15, 0.2) is 18.5 Å². The van der Waals surface area contributed by atoms with Crippen LogP contribution in [-0.2, 0) is 11.3 Å². The lowest BCUT2D eigenvalue weighted by Crippen LogP contribution is -2.45. The second-order valence-corrected chi connectivity index (χ2v) is 3.65. The Kier molecular flexibility index (Phi) is 4.30. The number of aromatic nitrogens is 2. The molecule has 5 nitrogen and oxygen atoms in total. The van der Waals surface area contributed by atoms with Crippen LogP contribution in [0, 0.1) is 0 Å². The van der Waals surface area contributed by atoms with Gasteiger partial charge in [-0.1, -0.05) is 6.92 Å². The van der Waals surface area contributed by atoms with Crippen molar-refractivity contribution in [2.45, 2.75) is 38.9 Å². The summed E-state index contributed by atoms with van der Waals surface area (Å²) in [5.74, 6) is -0.0999. The lowest BCUT2D eigenvalue weighted by atomic mass is 10.2. The van der Waals surface area contributed by atoms with E-state index < -0.39 is 6.04 Å². The highest BCUT2D eigenvalue weighted by Crippen LogP contribution is 1.93. The Morgan fingerprint density at radius 1 is 1.67 bits per heavy atom. The largest absolute Gasteiger partial charge is 0.350 e. The molecule has 3 N–H and O–H groups in total. The van der Waals surface area contributed by atoms with Crippen LogP contribution in [-0.4, -0.2) is 27.8 Å². The van der Waals surface area contributed by atoms with Crippen LogP contribution < -0.4 is 11.1 Å². The molecule has 0 saturated heterocycles. The van der Waals surface area contributed by atoms with Crippen LogP contribution in [0.3, 0.4) is 0 Å². The second-order valence-electron chi connectivity index (χ2n) is 3.65. The van der Waals surface area contributed by atoms with E-state index in [2.05, 4.69) is 10.4 Å². The molecule has 0 aliphatic carbocycles. The number of carbonyl (C=O) groups excluding carboxylic acids is 1. The highest BCUT2D eigenvalue weighted by Gasteiger charge is 2.13. The van der Waals surface area contributed by atoms with Gasteiger partial charge in [0.2, 0.25) is 5.91 Å². The summed E-state index contributed by atoms with van der Waals surface area (Å²) >= 11 is 0. The van der Waals surface area contributed by atoms with E-state index in [4.69, 9.17) is 5.73 Å². The number of hydrogen-bond acceptors (Lipinski definition) is 3. The number of hydrogen-bond donors (Lipinski definition) is 2. The van der Waals surface area contributed by atoms with Crippen molar-refractivity contribution in [1.29, 1.82) is 0 Å². The number of nitrogens with one attached hydrogen (secondary N) is 1. The summed E-state index contributed by atoms with van der Waals surface area (Å²) in [5, 5.41) is 6.91. The minimum atomic E-state index is -0.412. The molecule has 0 saturated carbocycles. The van der Waals surface area contributed by atoms with Gasteiger partial charge in [0, 0.05) is 18.4 Å². The zero-order valence-corrected chi connectivity index (χ0v) is 9.18. The molecule has 1 amide bonds. The fraction of sp³-hybridized carbons (Fsp3) is 0.600. The lowest BCUT2D eigenvalue weighted by Gasteiger charge is -2.16. The molecule has 84 valence electrons. The number of nitrogens with zero attached hydrogens (tertiary/aromatic N) is 2. The highest BCUT2D eigenvalue weighted by molar-refractivity contribution is 5.81. The predicted molar refractivity (Wildman–Crippen MR) is 58.1 cm³/mol. The maximum atomic E-state index is 11.4. The van der Waals surface area contributed by atoms with Crippen LogP contribution in [0.2, 0.25) is 0 Å². The summed E-state index contributed by atoms with van der Waals surface area (Å²) in [4.78, 5) is 11.4. The van der Waals surface area contributed by atoms with Gasteiger partial charge in [-0.3, -0.25) is 9.48 Å². The molecule has 0 spiro atoms. The predicted octanol–water partition coefficient (Wildman–Crippen LogP) is 0.125. The zero-order chi connectivity index (χ0) is 11.3. The van der Waals surface area contributed by atoms with E-state index in [-0.39, 0.29) is 11.9 Å². The molecule has 0 radical (unpaired) electrons. The summed E-state index contributed by atoms with van der Waals surface area (Å²) in [5.41, 5.74) is 5.60. The Balaban J connectivity index is 2.36. The molecular formula is C10H18N4O. The molecule has 1 heterocycles. The van der Waals surface area contributed by atoms with Gasteiger partial charge in [0.1, 0.15) is 0 Å². The molecule has 1 unspecified atom stereocenters. The average Bonchev–Trinajstić information content (AvgIpc) is 2.68. The van der Waals surface area contributed by atoms with E-state index in [0.717, 1.165) is 0 Å². The summed E-state index contributed by atoms with van der Waals surface area (Å²) in [6.45, 7) is 4.49. The maximum Gasteiger partial charge on any atom is 0.237 e. The average molecular weight is 210 g/mol. The van der Waals surface area contributed by atoms with Crippen molar-refractivity contribution >= 4 is 5.91 Å².